The maximum atomic E-state index is 5.31. The van der Waals surface area contributed by atoms with E-state index in [0.717, 1.165) is 18.7 Å². The van der Waals surface area contributed by atoms with Crippen molar-refractivity contribution in [1.29, 1.82) is 0 Å². The molecule has 0 aromatic carbocycles. The van der Waals surface area contributed by atoms with Crippen LogP contribution in [0.3, 0.4) is 0 Å². The fraction of sp³-hybridized carbons (Fsp3) is 1.00. The van der Waals surface area contributed by atoms with Gasteiger partial charge in [0.05, 0.1) is 0 Å². The quantitative estimate of drug-likeness (QED) is 0.273. The smallest absolute Gasteiger partial charge is 0.164 e. The number of alkyl halides is 1. The summed E-state index contributed by atoms with van der Waals surface area (Å²) in [5, 5.41) is 0. The van der Waals surface area contributed by atoms with Gasteiger partial charge < -0.3 is 9.47 Å². The molecule has 19 heavy (non-hydrogen) atoms. The van der Waals surface area contributed by atoms with Crippen LogP contribution in [0.25, 0.3) is 0 Å². The normalized spacial score (nSPS) is 11.1. The van der Waals surface area contributed by atoms with E-state index in [2.05, 4.69) is 6.92 Å². The summed E-state index contributed by atoms with van der Waals surface area (Å²) in [6, 6.07) is 0. The molecule has 2 nitrogen and oxygen atoms in total. The SMILES string of the molecule is CCCCCCCCCC(C)(OC)OC.CCCCl. The van der Waals surface area contributed by atoms with Crippen LogP contribution in [0.15, 0.2) is 0 Å². The molecule has 0 atom stereocenters. The van der Waals surface area contributed by atoms with Gasteiger partial charge in [0.1, 0.15) is 0 Å². The Kier molecular flexibility index (Phi) is 18.4. The molecule has 0 aliphatic rings. The van der Waals surface area contributed by atoms with Crippen molar-refractivity contribution in [3.05, 3.63) is 0 Å². The maximum absolute atomic E-state index is 5.31. The van der Waals surface area contributed by atoms with Gasteiger partial charge in [0.15, 0.2) is 5.79 Å². The fourth-order valence-electron chi connectivity index (χ4n) is 1.69. The molecule has 0 radical (unpaired) electrons. The van der Waals surface area contributed by atoms with E-state index in [9.17, 15) is 0 Å². The van der Waals surface area contributed by atoms with Gasteiger partial charge in [0.2, 0.25) is 0 Å². The second-order valence-corrected chi connectivity index (χ2v) is 5.48. The lowest BCUT2D eigenvalue weighted by atomic mass is 10.1. The Morgan fingerprint density at radius 2 is 1.21 bits per heavy atom. The van der Waals surface area contributed by atoms with Crippen molar-refractivity contribution in [2.75, 3.05) is 20.1 Å². The molecule has 118 valence electrons. The summed E-state index contributed by atoms with van der Waals surface area (Å²) in [7, 11) is 3.43. The first-order chi connectivity index (χ1) is 9.10. The van der Waals surface area contributed by atoms with Crippen molar-refractivity contribution in [2.45, 2.75) is 84.3 Å². The van der Waals surface area contributed by atoms with Gasteiger partial charge in [-0.3, -0.25) is 0 Å². The summed E-state index contributed by atoms with van der Waals surface area (Å²) in [6.07, 6.45) is 11.4. The molecule has 0 aliphatic heterocycles. The summed E-state index contributed by atoms with van der Waals surface area (Å²) >= 11 is 5.19. The summed E-state index contributed by atoms with van der Waals surface area (Å²) in [4.78, 5) is 0. The molecule has 0 aromatic heterocycles. The van der Waals surface area contributed by atoms with E-state index in [0.29, 0.717) is 0 Å². The van der Waals surface area contributed by atoms with Crippen LogP contribution in [0.1, 0.15) is 78.6 Å². The number of methoxy groups -OCH3 is 2. The third kappa shape index (κ3) is 16.2. The third-order valence-electron chi connectivity index (χ3n) is 3.29. The number of rotatable bonds is 11. The minimum Gasteiger partial charge on any atom is -0.353 e. The van der Waals surface area contributed by atoms with Crippen molar-refractivity contribution < 1.29 is 9.47 Å². The predicted octanol–water partition coefficient (Wildman–Crippen LogP) is 5.77. The molecule has 0 unspecified atom stereocenters. The number of halogens is 1. The van der Waals surface area contributed by atoms with Gasteiger partial charge in [0.25, 0.3) is 0 Å². The lowest BCUT2D eigenvalue weighted by Gasteiger charge is -2.26. The zero-order valence-corrected chi connectivity index (χ0v) is 14.5. The predicted molar refractivity (Wildman–Crippen MR) is 86.0 cm³/mol. The van der Waals surface area contributed by atoms with Crippen LogP contribution in [0.5, 0.6) is 0 Å². The molecule has 0 spiro atoms. The standard InChI is InChI=1S/C13H28O2.C3H7Cl/c1-5-6-7-8-9-10-11-12-13(2,14-3)15-4;1-2-3-4/h5-12H2,1-4H3;2-3H2,1H3. The van der Waals surface area contributed by atoms with Gasteiger partial charge in [0, 0.05) is 26.5 Å². The molecular formula is C16H35ClO2. The summed E-state index contributed by atoms with van der Waals surface area (Å²) in [5.41, 5.74) is 0. The molecular weight excluding hydrogens is 260 g/mol. The van der Waals surface area contributed by atoms with Gasteiger partial charge in [-0.05, 0) is 19.8 Å². The van der Waals surface area contributed by atoms with Crippen LogP contribution in [0, 0.1) is 0 Å². The topological polar surface area (TPSA) is 18.5 Å². The van der Waals surface area contributed by atoms with Crippen LogP contribution in [0.4, 0.5) is 0 Å². The zero-order valence-electron chi connectivity index (χ0n) is 13.8. The first-order valence-electron chi connectivity index (χ1n) is 7.76. The lowest BCUT2D eigenvalue weighted by Crippen LogP contribution is -2.29. The van der Waals surface area contributed by atoms with E-state index in [-0.39, 0.29) is 5.79 Å². The van der Waals surface area contributed by atoms with Crippen molar-refractivity contribution in [2.24, 2.45) is 0 Å². The first-order valence-corrected chi connectivity index (χ1v) is 8.29. The van der Waals surface area contributed by atoms with E-state index in [1.54, 1.807) is 14.2 Å². The molecule has 0 heterocycles. The molecule has 0 N–H and O–H groups in total. The minimum atomic E-state index is -0.372. The van der Waals surface area contributed by atoms with Gasteiger partial charge in [-0.25, -0.2) is 0 Å². The summed E-state index contributed by atoms with van der Waals surface area (Å²) < 4.78 is 10.6. The largest absolute Gasteiger partial charge is 0.353 e. The molecule has 0 saturated heterocycles. The van der Waals surface area contributed by atoms with E-state index < -0.39 is 0 Å². The molecule has 3 heteroatoms. The van der Waals surface area contributed by atoms with Crippen molar-refractivity contribution in [3.8, 4) is 0 Å². The van der Waals surface area contributed by atoms with Crippen LogP contribution in [-0.2, 0) is 9.47 Å². The molecule has 0 aromatic rings. The molecule has 0 saturated carbocycles. The second kappa shape index (κ2) is 16.3. The minimum absolute atomic E-state index is 0.372. The number of hydrogen-bond acceptors (Lipinski definition) is 2. The Morgan fingerprint density at radius 3 is 1.58 bits per heavy atom. The molecule has 0 rings (SSSR count). The van der Waals surface area contributed by atoms with Crippen LogP contribution in [-0.4, -0.2) is 25.9 Å². The third-order valence-corrected chi connectivity index (χ3v) is 3.66. The summed E-state index contributed by atoms with van der Waals surface area (Å²) in [5.74, 6) is 0.420. The van der Waals surface area contributed by atoms with Crippen LogP contribution in [0.2, 0.25) is 0 Å². The summed E-state index contributed by atoms with van der Waals surface area (Å²) in [6.45, 7) is 6.31. The van der Waals surface area contributed by atoms with Crippen LogP contribution >= 0.6 is 11.6 Å². The average molecular weight is 295 g/mol. The molecule has 0 bridgehead atoms. The number of ether oxygens (including phenoxy) is 2. The van der Waals surface area contributed by atoms with Gasteiger partial charge >= 0.3 is 0 Å². The highest BCUT2D eigenvalue weighted by Crippen LogP contribution is 2.19. The maximum Gasteiger partial charge on any atom is 0.164 e. The molecule has 0 fully saturated rings. The van der Waals surface area contributed by atoms with Gasteiger partial charge in [-0.1, -0.05) is 52.4 Å². The Hall–Kier alpha value is 0.210. The van der Waals surface area contributed by atoms with Crippen molar-refractivity contribution in [3.63, 3.8) is 0 Å². The first kappa shape index (κ1) is 21.5. The fourth-order valence-corrected chi connectivity index (χ4v) is 1.69. The van der Waals surface area contributed by atoms with E-state index in [1.165, 1.54) is 44.9 Å². The Morgan fingerprint density at radius 1 is 0.789 bits per heavy atom. The Balaban J connectivity index is 0. The molecule has 0 aliphatic carbocycles. The average Bonchev–Trinajstić information content (AvgIpc) is 2.46. The van der Waals surface area contributed by atoms with Gasteiger partial charge in [-0.15, -0.1) is 11.6 Å². The van der Waals surface area contributed by atoms with Crippen molar-refractivity contribution >= 4 is 11.6 Å². The Bertz CT molecular complexity index is 157. The highest BCUT2D eigenvalue weighted by Gasteiger charge is 2.21. The monoisotopic (exact) mass is 294 g/mol. The Labute approximate surface area is 126 Å². The highest BCUT2D eigenvalue weighted by atomic mass is 35.5. The van der Waals surface area contributed by atoms with Crippen LogP contribution < -0.4 is 0 Å². The van der Waals surface area contributed by atoms with Crippen molar-refractivity contribution in [1.82, 2.24) is 0 Å². The molecule has 0 amide bonds. The zero-order chi connectivity index (χ0) is 15.0. The number of unbranched alkanes of at least 4 members (excludes halogenated alkanes) is 6. The van der Waals surface area contributed by atoms with Gasteiger partial charge in [-0.2, -0.15) is 0 Å². The second-order valence-electron chi connectivity index (χ2n) is 5.10. The number of hydrogen-bond donors (Lipinski definition) is 0. The lowest BCUT2D eigenvalue weighted by molar-refractivity contribution is -0.197. The highest BCUT2D eigenvalue weighted by molar-refractivity contribution is 6.17. The van der Waals surface area contributed by atoms with E-state index in [1.807, 2.05) is 13.8 Å². The van der Waals surface area contributed by atoms with E-state index in [4.69, 9.17) is 21.1 Å². The van der Waals surface area contributed by atoms with E-state index >= 15 is 0 Å².